The van der Waals surface area contributed by atoms with Gasteiger partial charge in [0, 0.05) is 29.4 Å². The van der Waals surface area contributed by atoms with Gasteiger partial charge in [0.1, 0.15) is 6.54 Å². The minimum absolute atomic E-state index is 0.0282. The quantitative estimate of drug-likeness (QED) is 0.488. The lowest BCUT2D eigenvalue weighted by molar-refractivity contribution is -0.117. The van der Waals surface area contributed by atoms with Crippen molar-refractivity contribution in [2.24, 2.45) is 0 Å². The molecule has 1 saturated heterocycles. The SMILES string of the molecule is Cc1ccc(N(CC(=O)Nc2ccc(C)c(N3CCCC3=O)c2)S(=O)(=O)c2ccc(Cl)cc2)cc1. The van der Waals surface area contributed by atoms with Gasteiger partial charge in [0.05, 0.1) is 10.6 Å². The zero-order chi connectivity index (χ0) is 25.2. The summed E-state index contributed by atoms with van der Waals surface area (Å²) in [6, 6.07) is 18.0. The number of nitrogens with zero attached hydrogens (tertiary/aromatic N) is 2. The van der Waals surface area contributed by atoms with Crippen LogP contribution in [0.25, 0.3) is 0 Å². The molecule has 1 fully saturated rings. The fourth-order valence-electron chi connectivity index (χ4n) is 3.97. The van der Waals surface area contributed by atoms with Gasteiger partial charge in [0.2, 0.25) is 11.8 Å². The first kappa shape index (κ1) is 24.8. The third-order valence-corrected chi connectivity index (χ3v) is 7.91. The van der Waals surface area contributed by atoms with E-state index in [1.54, 1.807) is 41.3 Å². The van der Waals surface area contributed by atoms with Gasteiger partial charge < -0.3 is 10.2 Å². The molecule has 1 aliphatic heterocycles. The molecule has 4 rings (SSSR count). The van der Waals surface area contributed by atoms with E-state index in [9.17, 15) is 18.0 Å². The van der Waals surface area contributed by atoms with Crippen LogP contribution in [0.4, 0.5) is 17.1 Å². The molecule has 9 heteroatoms. The number of halogens is 1. The fourth-order valence-corrected chi connectivity index (χ4v) is 5.52. The molecule has 3 aromatic carbocycles. The summed E-state index contributed by atoms with van der Waals surface area (Å²) in [5, 5.41) is 3.20. The molecular formula is C26H26ClN3O4S. The van der Waals surface area contributed by atoms with E-state index in [-0.39, 0.29) is 10.8 Å². The predicted octanol–water partition coefficient (Wildman–Crippen LogP) is 4.92. The maximum absolute atomic E-state index is 13.5. The van der Waals surface area contributed by atoms with Crippen LogP contribution in [0, 0.1) is 13.8 Å². The summed E-state index contributed by atoms with van der Waals surface area (Å²) in [6.07, 6.45) is 1.30. The van der Waals surface area contributed by atoms with Gasteiger partial charge in [0.15, 0.2) is 0 Å². The van der Waals surface area contributed by atoms with Gasteiger partial charge in [-0.25, -0.2) is 8.42 Å². The summed E-state index contributed by atoms with van der Waals surface area (Å²) in [5.41, 5.74) is 3.49. The molecule has 1 aliphatic rings. The van der Waals surface area contributed by atoms with Crippen molar-refractivity contribution in [1.82, 2.24) is 0 Å². The number of nitrogens with one attached hydrogen (secondary N) is 1. The second kappa shape index (κ2) is 10.1. The van der Waals surface area contributed by atoms with Gasteiger partial charge in [-0.15, -0.1) is 0 Å². The van der Waals surface area contributed by atoms with E-state index in [2.05, 4.69) is 5.32 Å². The first-order chi connectivity index (χ1) is 16.6. The largest absolute Gasteiger partial charge is 0.324 e. The summed E-state index contributed by atoms with van der Waals surface area (Å²) in [6.45, 7) is 4.01. The molecule has 7 nitrogen and oxygen atoms in total. The molecule has 35 heavy (non-hydrogen) atoms. The average molecular weight is 512 g/mol. The summed E-state index contributed by atoms with van der Waals surface area (Å²) in [4.78, 5) is 27.0. The number of hydrogen-bond donors (Lipinski definition) is 1. The van der Waals surface area contributed by atoms with Crippen molar-refractivity contribution >= 4 is 50.5 Å². The van der Waals surface area contributed by atoms with Crippen LogP contribution >= 0.6 is 11.6 Å². The molecule has 0 saturated carbocycles. The Hall–Kier alpha value is -3.36. The van der Waals surface area contributed by atoms with Crippen LogP contribution in [0.1, 0.15) is 24.0 Å². The molecule has 0 bridgehead atoms. The highest BCUT2D eigenvalue weighted by atomic mass is 35.5. The highest BCUT2D eigenvalue weighted by Crippen LogP contribution is 2.29. The Morgan fingerprint density at radius 2 is 1.71 bits per heavy atom. The van der Waals surface area contributed by atoms with Gasteiger partial charge >= 0.3 is 0 Å². The number of anilines is 3. The third-order valence-electron chi connectivity index (χ3n) is 5.87. The van der Waals surface area contributed by atoms with Crippen LogP contribution in [0.5, 0.6) is 0 Å². The van der Waals surface area contributed by atoms with E-state index in [0.717, 1.165) is 27.5 Å². The molecule has 0 spiro atoms. The van der Waals surface area contributed by atoms with Gasteiger partial charge in [0.25, 0.3) is 10.0 Å². The van der Waals surface area contributed by atoms with Crippen molar-refractivity contribution in [3.63, 3.8) is 0 Å². The summed E-state index contributed by atoms with van der Waals surface area (Å²) >= 11 is 5.93. The zero-order valence-corrected chi connectivity index (χ0v) is 21.1. The molecule has 3 aromatic rings. The highest BCUT2D eigenvalue weighted by Gasteiger charge is 2.28. The normalized spacial score (nSPS) is 13.7. The molecule has 0 atom stereocenters. The molecule has 0 unspecified atom stereocenters. The third kappa shape index (κ3) is 5.49. The Morgan fingerprint density at radius 3 is 2.34 bits per heavy atom. The van der Waals surface area contributed by atoms with Crippen LogP contribution in [0.15, 0.2) is 71.6 Å². The number of carbonyl (C=O) groups is 2. The van der Waals surface area contributed by atoms with Crippen LogP contribution in [0.2, 0.25) is 5.02 Å². The smallest absolute Gasteiger partial charge is 0.264 e. The summed E-state index contributed by atoms with van der Waals surface area (Å²) < 4.78 is 28.0. The van der Waals surface area contributed by atoms with Gasteiger partial charge in [-0.05, 0) is 74.4 Å². The van der Waals surface area contributed by atoms with E-state index >= 15 is 0 Å². The number of amides is 2. The second-order valence-electron chi connectivity index (χ2n) is 8.50. The predicted molar refractivity (Wildman–Crippen MR) is 139 cm³/mol. The maximum atomic E-state index is 13.5. The number of sulfonamides is 1. The minimum atomic E-state index is -4.05. The molecule has 1 heterocycles. The minimum Gasteiger partial charge on any atom is -0.324 e. The Balaban J connectivity index is 1.61. The zero-order valence-electron chi connectivity index (χ0n) is 19.5. The number of carbonyl (C=O) groups excluding carboxylic acids is 2. The van der Waals surface area contributed by atoms with Crippen molar-refractivity contribution in [2.75, 3.05) is 27.6 Å². The molecular weight excluding hydrogens is 486 g/mol. The molecule has 0 aromatic heterocycles. The molecule has 1 N–H and O–H groups in total. The van der Waals surface area contributed by atoms with Crippen molar-refractivity contribution in [3.05, 3.63) is 82.9 Å². The maximum Gasteiger partial charge on any atom is 0.264 e. The Kier molecular flexibility index (Phi) is 7.14. The summed E-state index contributed by atoms with van der Waals surface area (Å²) in [5.74, 6) is -0.457. The van der Waals surface area contributed by atoms with Crippen molar-refractivity contribution in [2.45, 2.75) is 31.6 Å². The van der Waals surface area contributed by atoms with E-state index in [4.69, 9.17) is 11.6 Å². The molecule has 0 aliphatic carbocycles. The fraction of sp³-hybridized carbons (Fsp3) is 0.231. The molecule has 182 valence electrons. The van der Waals surface area contributed by atoms with Gasteiger partial charge in [-0.3, -0.25) is 13.9 Å². The Bertz CT molecular complexity index is 1360. The van der Waals surface area contributed by atoms with E-state index in [1.165, 1.54) is 24.3 Å². The van der Waals surface area contributed by atoms with Crippen LogP contribution in [-0.4, -0.2) is 33.3 Å². The molecule has 2 amide bonds. The molecule has 0 radical (unpaired) electrons. The lowest BCUT2D eigenvalue weighted by Gasteiger charge is -2.24. The van der Waals surface area contributed by atoms with Crippen LogP contribution < -0.4 is 14.5 Å². The Labute approximate surface area is 210 Å². The van der Waals surface area contributed by atoms with Gasteiger partial charge in [-0.2, -0.15) is 0 Å². The number of benzene rings is 3. The van der Waals surface area contributed by atoms with E-state index in [0.29, 0.717) is 29.4 Å². The summed E-state index contributed by atoms with van der Waals surface area (Å²) in [7, 11) is -4.05. The standard InChI is InChI=1S/C26H26ClN3O4S/c1-18-5-11-22(12-6-18)30(35(33,34)23-13-8-20(27)9-14-23)17-25(31)28-21-10-7-19(2)24(16-21)29-15-3-4-26(29)32/h5-14,16H,3-4,15,17H2,1-2H3,(H,28,31). The van der Waals surface area contributed by atoms with E-state index < -0.39 is 22.5 Å². The lowest BCUT2D eigenvalue weighted by Crippen LogP contribution is -2.38. The second-order valence-corrected chi connectivity index (χ2v) is 10.8. The van der Waals surface area contributed by atoms with Crippen LogP contribution in [0.3, 0.4) is 0 Å². The first-order valence-electron chi connectivity index (χ1n) is 11.2. The number of rotatable bonds is 7. The first-order valence-corrected chi connectivity index (χ1v) is 13.0. The van der Waals surface area contributed by atoms with E-state index in [1.807, 2.05) is 19.9 Å². The highest BCUT2D eigenvalue weighted by molar-refractivity contribution is 7.92. The average Bonchev–Trinajstić information content (AvgIpc) is 3.25. The van der Waals surface area contributed by atoms with Crippen molar-refractivity contribution < 1.29 is 18.0 Å². The number of hydrogen-bond acceptors (Lipinski definition) is 4. The van der Waals surface area contributed by atoms with Gasteiger partial charge in [-0.1, -0.05) is 35.4 Å². The van der Waals surface area contributed by atoms with Crippen molar-refractivity contribution in [1.29, 1.82) is 0 Å². The van der Waals surface area contributed by atoms with Crippen LogP contribution in [-0.2, 0) is 19.6 Å². The monoisotopic (exact) mass is 511 g/mol. The number of aryl methyl sites for hydroxylation is 2. The Morgan fingerprint density at radius 1 is 1.03 bits per heavy atom. The topological polar surface area (TPSA) is 86.8 Å². The lowest BCUT2D eigenvalue weighted by atomic mass is 10.1. The van der Waals surface area contributed by atoms with Crippen molar-refractivity contribution in [3.8, 4) is 0 Å².